The minimum absolute atomic E-state index is 0.131. The minimum atomic E-state index is -0.131. The van der Waals surface area contributed by atoms with Crippen molar-refractivity contribution in [2.45, 2.75) is 39.7 Å². The Hall–Kier alpha value is -1.09. The Bertz CT molecular complexity index is 417. The third-order valence-electron chi connectivity index (χ3n) is 3.92. The molecule has 0 radical (unpaired) electrons. The van der Waals surface area contributed by atoms with E-state index in [-0.39, 0.29) is 5.82 Å². The van der Waals surface area contributed by atoms with Crippen molar-refractivity contribution in [3.63, 3.8) is 0 Å². The predicted octanol–water partition coefficient (Wildman–Crippen LogP) is 3.21. The monoisotopic (exact) mass is 264 g/mol. The van der Waals surface area contributed by atoms with E-state index in [1.807, 2.05) is 6.07 Å². The quantitative estimate of drug-likeness (QED) is 0.848. The summed E-state index contributed by atoms with van der Waals surface area (Å²) in [5.41, 5.74) is 2.36. The van der Waals surface area contributed by atoms with E-state index in [1.165, 1.54) is 5.56 Å². The molecule has 0 amide bonds. The number of anilines is 1. The van der Waals surface area contributed by atoms with Gasteiger partial charge in [0.2, 0.25) is 0 Å². The molecule has 0 spiro atoms. The molecule has 19 heavy (non-hydrogen) atoms. The second kappa shape index (κ2) is 6.38. The number of nitrogens with one attached hydrogen (secondary N) is 1. The number of hydrogen-bond acceptors (Lipinski definition) is 2. The van der Waals surface area contributed by atoms with Crippen molar-refractivity contribution in [1.29, 1.82) is 0 Å². The van der Waals surface area contributed by atoms with Crippen LogP contribution in [0.4, 0.5) is 10.1 Å². The van der Waals surface area contributed by atoms with Crippen molar-refractivity contribution in [2.24, 2.45) is 5.92 Å². The van der Waals surface area contributed by atoms with Gasteiger partial charge in [0.05, 0.1) is 0 Å². The highest BCUT2D eigenvalue weighted by atomic mass is 19.1. The molecule has 2 nitrogen and oxygen atoms in total. The summed E-state index contributed by atoms with van der Waals surface area (Å²) in [5, 5.41) is 3.61. The Labute approximate surface area is 116 Å². The van der Waals surface area contributed by atoms with E-state index in [0.717, 1.165) is 38.2 Å². The van der Waals surface area contributed by atoms with Crippen molar-refractivity contribution in [3.05, 3.63) is 29.6 Å². The summed E-state index contributed by atoms with van der Waals surface area (Å²) in [4.78, 5) is 2.33. The second-order valence-corrected chi connectivity index (χ2v) is 5.77. The maximum Gasteiger partial charge on any atom is 0.125 e. The van der Waals surface area contributed by atoms with E-state index in [9.17, 15) is 4.39 Å². The molecule has 2 rings (SSSR count). The lowest BCUT2D eigenvalue weighted by atomic mass is 10.0. The number of fused-ring (bicyclic) bond motifs is 1. The number of hydrogen-bond donors (Lipinski definition) is 1. The molecule has 0 bridgehead atoms. The Morgan fingerprint density at radius 1 is 1.37 bits per heavy atom. The highest BCUT2D eigenvalue weighted by Gasteiger charge is 2.23. The normalized spacial score (nSPS) is 15.9. The van der Waals surface area contributed by atoms with E-state index >= 15 is 0 Å². The van der Waals surface area contributed by atoms with Gasteiger partial charge in [-0.3, -0.25) is 0 Å². The molecule has 1 aliphatic heterocycles. The molecule has 1 aromatic rings. The van der Waals surface area contributed by atoms with Crippen LogP contribution in [0.25, 0.3) is 0 Å². The smallest absolute Gasteiger partial charge is 0.125 e. The molecule has 3 heteroatoms. The van der Waals surface area contributed by atoms with Gasteiger partial charge in [0, 0.05) is 24.8 Å². The average Bonchev–Trinajstić information content (AvgIpc) is 2.76. The van der Waals surface area contributed by atoms with Crippen LogP contribution in [0.1, 0.15) is 32.8 Å². The van der Waals surface area contributed by atoms with Gasteiger partial charge in [-0.05, 0) is 43.0 Å². The lowest BCUT2D eigenvalue weighted by Gasteiger charge is -2.29. The summed E-state index contributed by atoms with van der Waals surface area (Å²) < 4.78 is 13.4. The van der Waals surface area contributed by atoms with Gasteiger partial charge in [-0.25, -0.2) is 4.39 Å². The van der Waals surface area contributed by atoms with Gasteiger partial charge < -0.3 is 10.2 Å². The van der Waals surface area contributed by atoms with Crippen LogP contribution in [0.2, 0.25) is 0 Å². The first-order valence-corrected chi connectivity index (χ1v) is 7.38. The fraction of sp³-hybridized carbons (Fsp3) is 0.625. The van der Waals surface area contributed by atoms with E-state index in [2.05, 4.69) is 31.0 Å². The van der Waals surface area contributed by atoms with Crippen LogP contribution in [-0.2, 0) is 6.42 Å². The molecule has 106 valence electrons. The molecule has 0 aromatic heterocycles. The van der Waals surface area contributed by atoms with Gasteiger partial charge in [0.15, 0.2) is 0 Å². The Balaban J connectivity index is 2.05. The standard InChI is InChI=1S/C16H25FN2/c1-4-8-18-15(12(2)3)11-19-9-7-13-5-6-14(17)10-16(13)19/h5-6,10,12,15,18H,4,7-9,11H2,1-3H3. The summed E-state index contributed by atoms with van der Waals surface area (Å²) in [6, 6.07) is 5.64. The van der Waals surface area contributed by atoms with Crippen LogP contribution < -0.4 is 10.2 Å². The molecule has 0 saturated carbocycles. The summed E-state index contributed by atoms with van der Waals surface area (Å²) in [7, 11) is 0. The van der Waals surface area contributed by atoms with Gasteiger partial charge in [-0.15, -0.1) is 0 Å². The number of rotatable bonds is 6. The van der Waals surface area contributed by atoms with Crippen molar-refractivity contribution >= 4 is 5.69 Å². The molecular weight excluding hydrogens is 239 g/mol. The van der Waals surface area contributed by atoms with Crippen molar-refractivity contribution < 1.29 is 4.39 Å². The predicted molar refractivity (Wildman–Crippen MR) is 79.2 cm³/mol. The topological polar surface area (TPSA) is 15.3 Å². The van der Waals surface area contributed by atoms with E-state index in [0.29, 0.717) is 12.0 Å². The zero-order valence-electron chi connectivity index (χ0n) is 12.2. The van der Waals surface area contributed by atoms with Gasteiger partial charge in [0.25, 0.3) is 0 Å². The number of halogens is 1. The molecule has 1 aromatic carbocycles. The van der Waals surface area contributed by atoms with Crippen LogP contribution in [0.3, 0.4) is 0 Å². The highest BCUT2D eigenvalue weighted by Crippen LogP contribution is 2.29. The Kier molecular flexibility index (Phi) is 4.81. The molecule has 1 aliphatic rings. The third-order valence-corrected chi connectivity index (χ3v) is 3.92. The third kappa shape index (κ3) is 3.47. The maximum atomic E-state index is 13.4. The molecule has 1 unspecified atom stereocenters. The van der Waals surface area contributed by atoms with Gasteiger partial charge in [0.1, 0.15) is 5.82 Å². The van der Waals surface area contributed by atoms with Crippen molar-refractivity contribution in [2.75, 3.05) is 24.5 Å². The zero-order valence-corrected chi connectivity index (χ0v) is 12.2. The summed E-state index contributed by atoms with van der Waals surface area (Å²) in [6.45, 7) is 9.70. The lowest BCUT2D eigenvalue weighted by Crippen LogP contribution is -2.44. The fourth-order valence-corrected chi connectivity index (χ4v) is 2.69. The highest BCUT2D eigenvalue weighted by molar-refractivity contribution is 5.58. The molecule has 0 saturated heterocycles. The average molecular weight is 264 g/mol. The number of benzene rings is 1. The summed E-state index contributed by atoms with van der Waals surface area (Å²) in [6.07, 6.45) is 2.18. The maximum absolute atomic E-state index is 13.4. The van der Waals surface area contributed by atoms with E-state index < -0.39 is 0 Å². The second-order valence-electron chi connectivity index (χ2n) is 5.77. The van der Waals surface area contributed by atoms with E-state index in [1.54, 1.807) is 12.1 Å². The van der Waals surface area contributed by atoms with Gasteiger partial charge in [-0.2, -0.15) is 0 Å². The molecular formula is C16H25FN2. The van der Waals surface area contributed by atoms with Crippen molar-refractivity contribution in [1.82, 2.24) is 5.32 Å². The Morgan fingerprint density at radius 3 is 2.84 bits per heavy atom. The zero-order chi connectivity index (χ0) is 13.8. The van der Waals surface area contributed by atoms with E-state index in [4.69, 9.17) is 0 Å². The van der Waals surface area contributed by atoms with Crippen molar-refractivity contribution in [3.8, 4) is 0 Å². The fourth-order valence-electron chi connectivity index (χ4n) is 2.69. The van der Waals surface area contributed by atoms with Crippen LogP contribution >= 0.6 is 0 Å². The summed E-state index contributed by atoms with van der Waals surface area (Å²) in [5.74, 6) is 0.456. The van der Waals surface area contributed by atoms with Crippen LogP contribution in [0.5, 0.6) is 0 Å². The lowest BCUT2D eigenvalue weighted by molar-refractivity contribution is 0.399. The molecule has 0 aliphatic carbocycles. The molecule has 0 fully saturated rings. The first-order chi connectivity index (χ1) is 9.11. The van der Waals surface area contributed by atoms with Crippen LogP contribution in [0.15, 0.2) is 18.2 Å². The van der Waals surface area contributed by atoms with Crippen LogP contribution in [-0.4, -0.2) is 25.7 Å². The largest absolute Gasteiger partial charge is 0.369 e. The van der Waals surface area contributed by atoms with Gasteiger partial charge in [-0.1, -0.05) is 26.8 Å². The minimum Gasteiger partial charge on any atom is -0.369 e. The first kappa shape index (κ1) is 14.3. The first-order valence-electron chi connectivity index (χ1n) is 7.38. The van der Waals surface area contributed by atoms with Gasteiger partial charge >= 0.3 is 0 Å². The van der Waals surface area contributed by atoms with Crippen LogP contribution in [0, 0.1) is 11.7 Å². The molecule has 1 atom stereocenters. The Morgan fingerprint density at radius 2 is 2.16 bits per heavy atom. The molecule has 1 N–H and O–H groups in total. The molecule has 1 heterocycles. The summed E-state index contributed by atoms with van der Waals surface area (Å²) >= 11 is 0. The number of nitrogens with zero attached hydrogens (tertiary/aromatic N) is 1. The SMILES string of the molecule is CCCNC(CN1CCc2ccc(F)cc21)C(C)C.